The minimum absolute atomic E-state index is 0. The first-order valence-corrected chi connectivity index (χ1v) is 14.3. The van der Waals surface area contributed by atoms with E-state index in [0.717, 1.165) is 68.6 Å². The van der Waals surface area contributed by atoms with Crippen LogP contribution in [0, 0.1) is 5.92 Å². The molecule has 7 heteroatoms. The van der Waals surface area contributed by atoms with Crippen molar-refractivity contribution < 1.29 is 4.79 Å². The Morgan fingerprint density at radius 1 is 0.756 bits per heavy atom. The van der Waals surface area contributed by atoms with Gasteiger partial charge < -0.3 is 10.2 Å². The molecule has 216 valence electrons. The van der Waals surface area contributed by atoms with E-state index in [2.05, 4.69) is 93.7 Å². The number of amides is 2. The van der Waals surface area contributed by atoms with E-state index >= 15 is 0 Å². The first-order chi connectivity index (χ1) is 19.1. The number of carbonyl (C=O) groups is 1. The second-order valence-corrected chi connectivity index (χ2v) is 11.1. The molecule has 1 saturated carbocycles. The molecular formula is C34H40Cl2N4O. The van der Waals surface area contributed by atoms with Gasteiger partial charge in [-0.3, -0.25) is 9.80 Å². The molecule has 0 bridgehead atoms. The summed E-state index contributed by atoms with van der Waals surface area (Å²) in [4.78, 5) is 21.5. The van der Waals surface area contributed by atoms with Gasteiger partial charge in [-0.15, -0.1) is 24.8 Å². The number of rotatable bonds is 5. The lowest BCUT2D eigenvalue weighted by Gasteiger charge is -2.55. The summed E-state index contributed by atoms with van der Waals surface area (Å²) in [6, 6.07) is 35.3. The molecule has 0 aromatic heterocycles. The molecule has 5 nitrogen and oxygen atoms in total. The number of urea groups is 1. The number of nitrogens with zero attached hydrogens (tertiary/aromatic N) is 3. The lowest BCUT2D eigenvalue weighted by atomic mass is 9.80. The molecule has 0 atom stereocenters. The van der Waals surface area contributed by atoms with Crippen molar-refractivity contribution in [1.29, 1.82) is 0 Å². The summed E-state index contributed by atoms with van der Waals surface area (Å²) in [5, 5.41) is 5.59. The maximum Gasteiger partial charge on any atom is 0.327 e. The molecule has 1 aliphatic heterocycles. The van der Waals surface area contributed by atoms with Crippen LogP contribution in [0.25, 0.3) is 10.8 Å². The van der Waals surface area contributed by atoms with Gasteiger partial charge in [0.2, 0.25) is 0 Å². The highest BCUT2D eigenvalue weighted by Crippen LogP contribution is 2.42. The Bertz CT molecular complexity index is 1400. The van der Waals surface area contributed by atoms with Gasteiger partial charge in [0.15, 0.2) is 0 Å². The van der Waals surface area contributed by atoms with Crippen LogP contribution in [-0.4, -0.2) is 42.8 Å². The zero-order valence-corrected chi connectivity index (χ0v) is 25.2. The van der Waals surface area contributed by atoms with E-state index in [0.29, 0.717) is 5.92 Å². The monoisotopic (exact) mass is 590 g/mol. The highest BCUT2D eigenvalue weighted by molar-refractivity contribution is 6.04. The molecule has 2 amide bonds. The topological polar surface area (TPSA) is 38.8 Å². The van der Waals surface area contributed by atoms with E-state index in [1.165, 1.54) is 11.1 Å². The predicted molar refractivity (Wildman–Crippen MR) is 177 cm³/mol. The third kappa shape index (κ3) is 6.48. The maximum atomic E-state index is 14.3. The van der Waals surface area contributed by atoms with Gasteiger partial charge >= 0.3 is 6.03 Å². The fourth-order valence-corrected chi connectivity index (χ4v) is 6.50. The fraction of sp³-hybridized carbons (Fsp3) is 0.324. The van der Waals surface area contributed by atoms with Crippen LogP contribution in [0.5, 0.6) is 0 Å². The number of hydrogen-bond donors (Lipinski definition) is 1. The Morgan fingerprint density at radius 2 is 1.34 bits per heavy atom. The molecule has 1 heterocycles. The van der Waals surface area contributed by atoms with Crippen molar-refractivity contribution >= 4 is 58.7 Å². The Balaban J connectivity index is 0.00000194. The number of para-hydroxylation sites is 2. The number of benzene rings is 4. The third-order valence-electron chi connectivity index (χ3n) is 8.70. The van der Waals surface area contributed by atoms with Crippen molar-refractivity contribution in [1.82, 2.24) is 4.90 Å². The van der Waals surface area contributed by atoms with Gasteiger partial charge in [0.25, 0.3) is 0 Å². The van der Waals surface area contributed by atoms with Crippen molar-refractivity contribution in [3.8, 4) is 0 Å². The number of nitrogens with one attached hydrogen (secondary N) is 1. The number of piperazine rings is 1. The molecule has 4 aromatic rings. The van der Waals surface area contributed by atoms with E-state index in [1.54, 1.807) is 0 Å². The minimum atomic E-state index is -0.364. The summed E-state index contributed by atoms with van der Waals surface area (Å²) in [5.74, 6) is 0.671. The van der Waals surface area contributed by atoms with Crippen LogP contribution >= 0.6 is 24.8 Å². The molecule has 1 N–H and O–H groups in total. The molecule has 0 unspecified atom stereocenters. The predicted octanol–water partition coefficient (Wildman–Crippen LogP) is 8.45. The van der Waals surface area contributed by atoms with Crippen LogP contribution in [0.2, 0.25) is 0 Å². The number of halogens is 2. The average Bonchev–Trinajstić information content (AvgIpc) is 2.99. The van der Waals surface area contributed by atoms with E-state index in [4.69, 9.17) is 0 Å². The standard InChI is InChI=1S/C34H38N4O.2ClH/c1-27-18-20-34(21-19-27,37-24-22-36(23-25-37)31-12-4-2-5-13-31)38(32-14-6-3-7-15-32)33(39)35-30-17-16-28-10-8-9-11-29(28)26-30;;/h2-17,26-27H,18-25H2,1H3,(H,35,39);2*1H. The van der Waals surface area contributed by atoms with Crippen molar-refractivity contribution in [2.24, 2.45) is 5.92 Å². The molecule has 0 radical (unpaired) electrons. The van der Waals surface area contributed by atoms with E-state index in [1.807, 2.05) is 36.4 Å². The van der Waals surface area contributed by atoms with E-state index in [-0.39, 0.29) is 36.5 Å². The normalized spacial score (nSPS) is 20.9. The second kappa shape index (κ2) is 13.6. The first-order valence-electron chi connectivity index (χ1n) is 14.3. The van der Waals surface area contributed by atoms with Crippen molar-refractivity contribution in [3.63, 3.8) is 0 Å². The Kier molecular flexibility index (Phi) is 10.2. The lowest BCUT2D eigenvalue weighted by molar-refractivity contribution is 0.0366. The smallest absolute Gasteiger partial charge is 0.327 e. The molecule has 1 saturated heterocycles. The van der Waals surface area contributed by atoms with Crippen molar-refractivity contribution in [3.05, 3.63) is 103 Å². The summed E-state index contributed by atoms with van der Waals surface area (Å²) in [6.45, 7) is 6.11. The van der Waals surface area contributed by atoms with Gasteiger partial charge in [-0.25, -0.2) is 4.79 Å². The van der Waals surface area contributed by atoms with Gasteiger partial charge in [-0.1, -0.05) is 73.7 Å². The maximum absolute atomic E-state index is 14.3. The molecule has 41 heavy (non-hydrogen) atoms. The summed E-state index contributed by atoms with van der Waals surface area (Å²) in [6.07, 6.45) is 4.18. The largest absolute Gasteiger partial charge is 0.369 e. The number of anilines is 3. The number of fused-ring (bicyclic) bond motifs is 1. The number of carbonyl (C=O) groups excluding carboxylic acids is 1. The zero-order chi connectivity index (χ0) is 26.7. The van der Waals surface area contributed by atoms with E-state index < -0.39 is 0 Å². The molecule has 6 rings (SSSR count). The quantitative estimate of drug-likeness (QED) is 0.253. The molecule has 0 spiro atoms. The van der Waals surface area contributed by atoms with Crippen LogP contribution in [0.15, 0.2) is 103 Å². The second-order valence-electron chi connectivity index (χ2n) is 11.1. The van der Waals surface area contributed by atoms with Crippen molar-refractivity contribution in [2.75, 3.05) is 41.3 Å². The highest BCUT2D eigenvalue weighted by atomic mass is 35.5. The van der Waals surface area contributed by atoms with Gasteiger partial charge in [0, 0.05) is 43.2 Å². The Morgan fingerprint density at radius 3 is 2.00 bits per heavy atom. The van der Waals surface area contributed by atoms with Gasteiger partial charge in [-0.05, 0) is 78.8 Å². The molecule has 4 aromatic carbocycles. The number of hydrogen-bond acceptors (Lipinski definition) is 3. The molecule has 2 aliphatic rings. The SMILES string of the molecule is CC1CCC(N2CCN(c3ccccc3)CC2)(N(C(=O)Nc2ccc3ccccc3c2)c2ccccc2)CC1.Cl.Cl. The Hall–Kier alpha value is -3.25. The minimum Gasteiger partial charge on any atom is -0.369 e. The van der Waals surface area contributed by atoms with Crippen LogP contribution in [-0.2, 0) is 0 Å². The summed E-state index contributed by atoms with van der Waals surface area (Å²) < 4.78 is 0. The molecule has 1 aliphatic carbocycles. The molecular weight excluding hydrogens is 551 g/mol. The van der Waals surface area contributed by atoms with Gasteiger partial charge in [-0.2, -0.15) is 0 Å². The Labute approximate surface area is 256 Å². The fourth-order valence-electron chi connectivity index (χ4n) is 6.50. The van der Waals surface area contributed by atoms with Crippen LogP contribution in [0.1, 0.15) is 32.6 Å². The van der Waals surface area contributed by atoms with Crippen LogP contribution in [0.4, 0.5) is 21.9 Å². The van der Waals surface area contributed by atoms with Gasteiger partial charge in [0.1, 0.15) is 5.66 Å². The third-order valence-corrected chi connectivity index (χ3v) is 8.70. The molecule has 2 fully saturated rings. The lowest BCUT2D eigenvalue weighted by Crippen LogP contribution is -2.68. The van der Waals surface area contributed by atoms with Gasteiger partial charge in [0.05, 0.1) is 0 Å². The average molecular weight is 592 g/mol. The summed E-state index contributed by atoms with van der Waals surface area (Å²) in [7, 11) is 0. The summed E-state index contributed by atoms with van der Waals surface area (Å²) >= 11 is 0. The van der Waals surface area contributed by atoms with Crippen LogP contribution in [0.3, 0.4) is 0 Å². The highest BCUT2D eigenvalue weighted by Gasteiger charge is 2.48. The van der Waals surface area contributed by atoms with Crippen LogP contribution < -0.4 is 15.1 Å². The van der Waals surface area contributed by atoms with Crippen molar-refractivity contribution in [2.45, 2.75) is 38.3 Å². The first kappa shape index (κ1) is 30.7. The van der Waals surface area contributed by atoms with E-state index in [9.17, 15) is 4.79 Å². The summed E-state index contributed by atoms with van der Waals surface area (Å²) in [5.41, 5.74) is 2.69. The zero-order valence-electron chi connectivity index (χ0n) is 23.6.